The van der Waals surface area contributed by atoms with E-state index in [0.29, 0.717) is 0 Å². The topological polar surface area (TPSA) is 269 Å². The quantitative estimate of drug-likeness (QED) is 0.0826. The molecule has 0 aliphatic rings. The van der Waals surface area contributed by atoms with Gasteiger partial charge < -0.3 is 35.0 Å². The molecular formula is C29H37N3O15S. The van der Waals surface area contributed by atoms with Crippen molar-refractivity contribution in [1.82, 2.24) is 14.7 Å². The van der Waals surface area contributed by atoms with Gasteiger partial charge in [-0.3, -0.25) is 43.2 Å². The molecule has 48 heavy (non-hydrogen) atoms. The molecule has 2 rings (SSSR count). The molecule has 0 radical (unpaired) electrons. The minimum Gasteiger partial charge on any atom is -0.490 e. The molecule has 6 N–H and O–H groups in total. The summed E-state index contributed by atoms with van der Waals surface area (Å²) in [6.45, 7) is -3.36. The lowest BCUT2D eigenvalue weighted by molar-refractivity contribution is -0.144. The predicted octanol–water partition coefficient (Wildman–Crippen LogP) is -0.103. The van der Waals surface area contributed by atoms with Crippen LogP contribution in [0.4, 0.5) is 0 Å². The molecule has 2 aromatic rings. The molecule has 0 amide bonds. The van der Waals surface area contributed by atoms with Crippen LogP contribution in [0.1, 0.15) is 11.1 Å². The van der Waals surface area contributed by atoms with E-state index in [0.717, 1.165) is 33.1 Å². The molecule has 0 aliphatic carbocycles. The van der Waals surface area contributed by atoms with Gasteiger partial charge in [0, 0.05) is 25.7 Å². The van der Waals surface area contributed by atoms with Crippen LogP contribution in [-0.2, 0) is 40.7 Å². The number of ether oxygens (including phenoxy) is 2. The minimum absolute atomic E-state index is 0.0467. The molecule has 1 atom stereocenters. The van der Waals surface area contributed by atoms with Crippen molar-refractivity contribution in [2.45, 2.75) is 24.5 Å². The summed E-state index contributed by atoms with van der Waals surface area (Å²) in [4.78, 5) is 59.7. The van der Waals surface area contributed by atoms with Crippen LogP contribution in [0, 0.1) is 6.92 Å². The van der Waals surface area contributed by atoms with Gasteiger partial charge in [0.2, 0.25) is 0 Å². The van der Waals surface area contributed by atoms with Crippen molar-refractivity contribution in [2.75, 3.05) is 59.0 Å². The molecule has 0 spiro atoms. The molecule has 0 fully saturated rings. The molecule has 0 saturated heterocycles. The van der Waals surface area contributed by atoms with E-state index in [1.807, 2.05) is 19.1 Å². The molecule has 0 aliphatic heterocycles. The Morgan fingerprint density at radius 3 is 1.71 bits per heavy atom. The van der Waals surface area contributed by atoms with Crippen LogP contribution in [0.5, 0.6) is 11.5 Å². The van der Waals surface area contributed by atoms with Gasteiger partial charge in [0.05, 0.1) is 38.8 Å². The predicted molar refractivity (Wildman–Crippen MR) is 164 cm³/mol. The van der Waals surface area contributed by atoms with Crippen LogP contribution >= 0.6 is 0 Å². The number of carbonyl (C=O) groups is 5. The lowest BCUT2D eigenvalue weighted by atomic mass is 10.2. The molecule has 0 heterocycles. The number of hydrogen-bond acceptors (Lipinski definition) is 12. The first-order valence-corrected chi connectivity index (χ1v) is 15.6. The summed E-state index contributed by atoms with van der Waals surface area (Å²) >= 11 is 0. The van der Waals surface area contributed by atoms with Gasteiger partial charge in [0.15, 0.2) is 0 Å². The van der Waals surface area contributed by atoms with Crippen molar-refractivity contribution in [2.24, 2.45) is 0 Å². The molecule has 19 heteroatoms. The van der Waals surface area contributed by atoms with Gasteiger partial charge in [-0.15, -0.1) is 0 Å². The first-order chi connectivity index (χ1) is 22.4. The number of aryl methyl sites for hydroxylation is 1. The first kappa shape index (κ1) is 39.4. The second-order valence-corrected chi connectivity index (χ2v) is 12.0. The van der Waals surface area contributed by atoms with Crippen molar-refractivity contribution < 1.29 is 71.9 Å². The Balaban J connectivity index is 2.38. The number of carboxylic acid groups (broad SMARTS) is 5. The first-order valence-electron chi connectivity index (χ1n) is 14.1. The Morgan fingerprint density at radius 2 is 1.21 bits per heavy atom. The maximum absolute atomic E-state index is 12.3. The molecule has 18 nitrogen and oxygen atoms in total. The monoisotopic (exact) mass is 699 g/mol. The van der Waals surface area contributed by atoms with E-state index in [2.05, 4.69) is 0 Å². The van der Waals surface area contributed by atoms with Crippen molar-refractivity contribution in [3.8, 4) is 11.5 Å². The van der Waals surface area contributed by atoms with E-state index >= 15 is 0 Å². The summed E-state index contributed by atoms with van der Waals surface area (Å²) in [7, 11) is -4.92. The highest BCUT2D eigenvalue weighted by Crippen LogP contribution is 2.29. The van der Waals surface area contributed by atoms with Crippen LogP contribution < -0.4 is 9.47 Å². The zero-order chi connectivity index (χ0) is 36.0. The summed E-state index contributed by atoms with van der Waals surface area (Å²) in [6.07, 6.45) is 0. The average Bonchev–Trinajstić information content (AvgIpc) is 2.95. The second-order valence-electron chi connectivity index (χ2n) is 10.6. The maximum atomic E-state index is 12.3. The largest absolute Gasteiger partial charge is 0.490 e. The van der Waals surface area contributed by atoms with Gasteiger partial charge in [-0.2, -0.15) is 8.42 Å². The third kappa shape index (κ3) is 14.7. The summed E-state index contributed by atoms with van der Waals surface area (Å²) in [5, 5.41) is 46.6. The molecule has 264 valence electrons. The molecule has 0 bridgehead atoms. The third-order valence-corrected chi connectivity index (χ3v) is 7.50. The highest BCUT2D eigenvalue weighted by molar-refractivity contribution is 7.86. The minimum atomic E-state index is -4.92. The van der Waals surface area contributed by atoms with Gasteiger partial charge in [0.1, 0.15) is 29.6 Å². The SMILES string of the molecule is Cc1ccc(COc2ccc(OCC(CN(CCN(CC(=O)O)CC(=O)O)CC(=O)O)N(CC(=O)O)CC(=O)O)c(S(=O)(=O)O)c2)cc1. The fourth-order valence-electron chi connectivity index (χ4n) is 4.47. The molecule has 1 unspecified atom stereocenters. The van der Waals surface area contributed by atoms with Crippen molar-refractivity contribution in [3.63, 3.8) is 0 Å². The van der Waals surface area contributed by atoms with Crippen LogP contribution in [0.2, 0.25) is 0 Å². The Bertz CT molecular complexity index is 1520. The average molecular weight is 700 g/mol. The highest BCUT2D eigenvalue weighted by atomic mass is 32.2. The van der Waals surface area contributed by atoms with E-state index < -0.39 is 103 Å². The van der Waals surface area contributed by atoms with E-state index in [1.165, 1.54) is 11.0 Å². The molecular weight excluding hydrogens is 662 g/mol. The summed E-state index contributed by atoms with van der Waals surface area (Å²) in [5.41, 5.74) is 1.79. The Hall–Kier alpha value is -4.82. The van der Waals surface area contributed by atoms with Gasteiger partial charge in [-0.1, -0.05) is 29.8 Å². The summed E-state index contributed by atoms with van der Waals surface area (Å²) < 4.78 is 45.8. The number of benzene rings is 2. The van der Waals surface area contributed by atoms with Gasteiger partial charge >= 0.3 is 29.8 Å². The zero-order valence-corrected chi connectivity index (χ0v) is 26.6. The molecule has 0 aromatic heterocycles. The Morgan fingerprint density at radius 1 is 0.708 bits per heavy atom. The van der Waals surface area contributed by atoms with E-state index in [-0.39, 0.29) is 25.4 Å². The fourth-order valence-corrected chi connectivity index (χ4v) is 5.12. The van der Waals surface area contributed by atoms with Gasteiger partial charge in [-0.05, 0) is 24.6 Å². The summed E-state index contributed by atoms with van der Waals surface area (Å²) in [5.74, 6) is -7.32. The number of carboxylic acids is 5. The Labute approximate surface area is 275 Å². The van der Waals surface area contributed by atoms with Crippen LogP contribution in [0.3, 0.4) is 0 Å². The maximum Gasteiger partial charge on any atom is 0.317 e. The van der Waals surface area contributed by atoms with Crippen molar-refractivity contribution >= 4 is 40.0 Å². The fraction of sp³-hybridized carbons (Fsp3) is 0.414. The summed E-state index contributed by atoms with van der Waals surface area (Å²) in [6, 6.07) is 9.58. The van der Waals surface area contributed by atoms with Gasteiger partial charge in [-0.25, -0.2) is 0 Å². The normalized spacial score (nSPS) is 12.2. The zero-order valence-electron chi connectivity index (χ0n) is 25.8. The van der Waals surface area contributed by atoms with Crippen molar-refractivity contribution in [1.29, 1.82) is 0 Å². The molecule has 2 aromatic carbocycles. The van der Waals surface area contributed by atoms with Crippen LogP contribution in [-0.4, -0.2) is 148 Å². The molecule has 0 saturated carbocycles. The lowest BCUT2D eigenvalue weighted by Gasteiger charge is -2.34. The van der Waals surface area contributed by atoms with Gasteiger partial charge in [0.25, 0.3) is 10.1 Å². The number of hydrogen-bond donors (Lipinski definition) is 6. The number of rotatable bonds is 23. The number of nitrogens with zero attached hydrogens (tertiary/aromatic N) is 3. The van der Waals surface area contributed by atoms with Crippen LogP contribution in [0.25, 0.3) is 0 Å². The third-order valence-electron chi connectivity index (χ3n) is 6.62. The number of aliphatic carboxylic acids is 5. The van der Waals surface area contributed by atoms with Crippen LogP contribution in [0.15, 0.2) is 47.4 Å². The smallest absolute Gasteiger partial charge is 0.317 e. The standard InChI is InChI=1S/C29H37N3O15S/c1-19-2-4-20(5-3-19)17-46-22-6-7-23(24(10-22)48(43,44)45)47-18-21(32(15-28(39)40)16-29(41)42)11-30(12-25(33)34)8-9-31(13-26(35)36)14-27(37)38/h2-7,10,21H,8-9,11-18H2,1H3,(H,33,34)(H,35,36)(H,37,38)(H,39,40)(H,41,42)(H,43,44,45). The highest BCUT2D eigenvalue weighted by Gasteiger charge is 2.29. The second kappa shape index (κ2) is 18.5. The van der Waals surface area contributed by atoms with E-state index in [9.17, 15) is 52.3 Å². The van der Waals surface area contributed by atoms with E-state index in [4.69, 9.17) is 19.7 Å². The van der Waals surface area contributed by atoms with Crippen molar-refractivity contribution in [3.05, 3.63) is 53.6 Å². The van der Waals surface area contributed by atoms with E-state index in [1.54, 1.807) is 12.1 Å². The Kier molecular flexibility index (Phi) is 15.2. The lowest BCUT2D eigenvalue weighted by Crippen LogP contribution is -2.52.